The summed E-state index contributed by atoms with van der Waals surface area (Å²) in [6.07, 6.45) is 0.643. The molecule has 0 unspecified atom stereocenters. The van der Waals surface area contributed by atoms with E-state index in [9.17, 15) is 29.1 Å². The number of ether oxygens (including phenoxy) is 2. The first-order valence-electron chi connectivity index (χ1n) is 19.1. The van der Waals surface area contributed by atoms with Crippen molar-refractivity contribution in [2.45, 2.75) is 116 Å². The van der Waals surface area contributed by atoms with E-state index in [0.29, 0.717) is 38.0 Å². The van der Waals surface area contributed by atoms with Gasteiger partial charge in [0.25, 0.3) is 0 Å². The lowest BCUT2D eigenvalue weighted by molar-refractivity contribution is -0.141. The fourth-order valence-electron chi connectivity index (χ4n) is 5.87. The zero-order chi connectivity index (χ0) is 41.0. The van der Waals surface area contributed by atoms with Crippen LogP contribution < -0.4 is 26.0 Å². The van der Waals surface area contributed by atoms with E-state index >= 15 is 0 Å². The molecule has 2 aromatic rings. The summed E-state index contributed by atoms with van der Waals surface area (Å²) < 4.78 is 10.7. The number of carbonyl (C=O) groups is 5. The fourth-order valence-corrected chi connectivity index (χ4v) is 5.87. The second kappa shape index (κ2) is 24.0. The van der Waals surface area contributed by atoms with Crippen molar-refractivity contribution in [3.63, 3.8) is 0 Å². The highest BCUT2D eigenvalue weighted by Gasteiger charge is 2.35. The molecule has 14 heteroatoms. The van der Waals surface area contributed by atoms with Crippen LogP contribution >= 0.6 is 0 Å². The lowest BCUT2D eigenvalue weighted by Crippen LogP contribution is -2.58. The van der Waals surface area contributed by atoms with Gasteiger partial charge in [-0.15, -0.1) is 0 Å². The SMILES string of the molecule is COc1ccc(C[C@H](NC(=O)OC(C)(C)C)C(=O)N(C)[C@@H](CC(C)C)C(=O)N[C@@H](Cc2ccccc2)[C@@H](O)CC(=O)NCCCCCC(=O)NCCO)cc1. The molecule has 0 heterocycles. The Kier molecular flexibility index (Phi) is 20.2. The number of hydrogen-bond donors (Lipinski definition) is 6. The Hall–Kier alpha value is -4.69. The van der Waals surface area contributed by atoms with E-state index in [1.54, 1.807) is 52.1 Å². The third-order valence-corrected chi connectivity index (χ3v) is 8.72. The van der Waals surface area contributed by atoms with E-state index in [1.807, 2.05) is 44.2 Å². The summed E-state index contributed by atoms with van der Waals surface area (Å²) in [5.74, 6) is -0.911. The van der Waals surface area contributed by atoms with E-state index < -0.39 is 47.7 Å². The van der Waals surface area contributed by atoms with E-state index in [0.717, 1.165) is 11.1 Å². The van der Waals surface area contributed by atoms with Crippen LogP contribution in [0, 0.1) is 5.92 Å². The van der Waals surface area contributed by atoms with Crippen molar-refractivity contribution in [1.82, 2.24) is 26.2 Å². The molecule has 0 aromatic heterocycles. The number of amides is 5. The van der Waals surface area contributed by atoms with Gasteiger partial charge in [0.2, 0.25) is 23.6 Å². The first-order valence-corrected chi connectivity index (χ1v) is 19.1. The summed E-state index contributed by atoms with van der Waals surface area (Å²) in [5.41, 5.74) is 0.774. The smallest absolute Gasteiger partial charge is 0.408 e. The number of benzene rings is 2. The van der Waals surface area contributed by atoms with Gasteiger partial charge < -0.3 is 45.9 Å². The van der Waals surface area contributed by atoms with Crippen molar-refractivity contribution in [2.24, 2.45) is 5.92 Å². The van der Waals surface area contributed by atoms with Gasteiger partial charge in [0.05, 0.1) is 32.3 Å². The van der Waals surface area contributed by atoms with Crippen LogP contribution in [0.4, 0.5) is 4.79 Å². The summed E-state index contributed by atoms with van der Waals surface area (Å²) in [6.45, 7) is 9.49. The predicted octanol–water partition coefficient (Wildman–Crippen LogP) is 3.27. The van der Waals surface area contributed by atoms with Crippen LogP contribution in [-0.2, 0) is 36.8 Å². The van der Waals surface area contributed by atoms with E-state index in [-0.39, 0.29) is 56.6 Å². The average molecular weight is 770 g/mol. The molecule has 0 aliphatic carbocycles. The van der Waals surface area contributed by atoms with Crippen molar-refractivity contribution in [1.29, 1.82) is 0 Å². The van der Waals surface area contributed by atoms with Crippen LogP contribution in [0.15, 0.2) is 54.6 Å². The zero-order valence-electron chi connectivity index (χ0n) is 33.6. The van der Waals surface area contributed by atoms with E-state index in [1.165, 1.54) is 11.9 Å². The lowest BCUT2D eigenvalue weighted by Gasteiger charge is -2.34. The highest BCUT2D eigenvalue weighted by molar-refractivity contribution is 5.91. The molecular weight excluding hydrogens is 706 g/mol. The van der Waals surface area contributed by atoms with Crippen molar-refractivity contribution in [3.05, 3.63) is 65.7 Å². The fraction of sp³-hybridized carbons (Fsp3) is 0.585. The number of nitrogens with zero attached hydrogens (tertiary/aromatic N) is 1. The second-order valence-corrected chi connectivity index (χ2v) is 15.2. The molecule has 0 bridgehead atoms. The van der Waals surface area contributed by atoms with Gasteiger partial charge >= 0.3 is 6.09 Å². The molecule has 306 valence electrons. The predicted molar refractivity (Wildman–Crippen MR) is 210 cm³/mol. The van der Waals surface area contributed by atoms with Gasteiger partial charge in [0.15, 0.2) is 0 Å². The molecule has 55 heavy (non-hydrogen) atoms. The van der Waals surface area contributed by atoms with Crippen LogP contribution in [0.3, 0.4) is 0 Å². The molecule has 0 radical (unpaired) electrons. The number of likely N-dealkylation sites (N-methyl/N-ethyl adjacent to an activating group) is 1. The number of hydrogen-bond acceptors (Lipinski definition) is 9. The first-order chi connectivity index (χ1) is 26.0. The highest BCUT2D eigenvalue weighted by atomic mass is 16.6. The summed E-state index contributed by atoms with van der Waals surface area (Å²) in [4.78, 5) is 67.2. The third-order valence-electron chi connectivity index (χ3n) is 8.72. The molecule has 2 rings (SSSR count). The molecule has 14 nitrogen and oxygen atoms in total. The maximum atomic E-state index is 14.2. The number of nitrogens with one attached hydrogen (secondary N) is 4. The molecule has 4 atom stereocenters. The Morgan fingerprint density at radius 2 is 1.45 bits per heavy atom. The molecule has 0 aliphatic rings. The van der Waals surface area contributed by atoms with Gasteiger partial charge in [-0.1, -0.05) is 62.7 Å². The summed E-state index contributed by atoms with van der Waals surface area (Å²) >= 11 is 0. The standard InChI is InChI=1S/C41H63N5O9/c1-28(2)24-34(46(6)39(52)33(45-40(53)55-41(3,4)5)26-30-17-19-31(54-7)20-18-30)38(51)44-32(25-29-14-10-8-11-15-29)35(48)27-37(50)42-21-13-9-12-16-36(49)43-22-23-47/h8,10-11,14-15,17-20,28,32-35,47-48H,9,12-13,16,21-27H2,1-7H3,(H,42,50)(H,43,49)(H,44,51)(H,45,53)/t32-,33-,34-,35-/m0/s1. The number of unbranched alkanes of at least 4 members (excludes halogenated alkanes) is 2. The number of aliphatic hydroxyl groups excluding tert-OH is 2. The summed E-state index contributed by atoms with van der Waals surface area (Å²) in [7, 11) is 3.07. The number of carbonyl (C=O) groups excluding carboxylic acids is 5. The summed E-state index contributed by atoms with van der Waals surface area (Å²) in [5, 5.41) is 31.3. The highest BCUT2D eigenvalue weighted by Crippen LogP contribution is 2.18. The number of aliphatic hydroxyl groups is 2. The van der Waals surface area contributed by atoms with Crippen LogP contribution in [0.25, 0.3) is 0 Å². The number of alkyl carbamates (subject to hydrolysis) is 1. The second-order valence-electron chi connectivity index (χ2n) is 15.2. The Morgan fingerprint density at radius 1 is 0.818 bits per heavy atom. The monoisotopic (exact) mass is 769 g/mol. The Bertz CT molecular complexity index is 1480. The average Bonchev–Trinajstić information content (AvgIpc) is 3.13. The molecule has 0 aliphatic heterocycles. The Morgan fingerprint density at radius 3 is 2.05 bits per heavy atom. The summed E-state index contributed by atoms with van der Waals surface area (Å²) in [6, 6.07) is 13.5. The minimum atomic E-state index is -1.25. The quantitative estimate of drug-likeness (QED) is 0.0920. The van der Waals surface area contributed by atoms with Gasteiger partial charge in [-0.25, -0.2) is 4.79 Å². The minimum Gasteiger partial charge on any atom is -0.497 e. The molecule has 5 amide bonds. The molecule has 0 saturated heterocycles. The third kappa shape index (κ3) is 18.5. The molecule has 6 N–H and O–H groups in total. The van der Waals surface area contributed by atoms with Crippen molar-refractivity contribution >= 4 is 29.7 Å². The Labute approximate surface area is 326 Å². The van der Waals surface area contributed by atoms with Gasteiger partial charge in [-0.3, -0.25) is 19.2 Å². The number of rotatable bonds is 23. The van der Waals surface area contributed by atoms with E-state index in [4.69, 9.17) is 14.6 Å². The topological polar surface area (TPSA) is 196 Å². The molecular formula is C41H63N5O9. The first kappa shape index (κ1) is 46.5. The van der Waals surface area contributed by atoms with Gasteiger partial charge in [0.1, 0.15) is 23.4 Å². The van der Waals surface area contributed by atoms with Crippen LogP contribution in [0.1, 0.15) is 84.3 Å². The maximum Gasteiger partial charge on any atom is 0.408 e. The number of methoxy groups -OCH3 is 1. The lowest BCUT2D eigenvalue weighted by atomic mass is 9.96. The van der Waals surface area contributed by atoms with Crippen LogP contribution in [0.2, 0.25) is 0 Å². The van der Waals surface area contributed by atoms with Gasteiger partial charge in [-0.05, 0) is 75.6 Å². The van der Waals surface area contributed by atoms with Crippen LogP contribution in [0.5, 0.6) is 5.75 Å². The van der Waals surface area contributed by atoms with Crippen molar-refractivity contribution in [3.8, 4) is 5.75 Å². The maximum absolute atomic E-state index is 14.2. The van der Waals surface area contributed by atoms with Gasteiger partial charge in [0, 0.05) is 33.0 Å². The molecule has 0 fully saturated rings. The van der Waals surface area contributed by atoms with Crippen LogP contribution in [-0.4, -0.2) is 109 Å². The largest absolute Gasteiger partial charge is 0.497 e. The van der Waals surface area contributed by atoms with Crippen molar-refractivity contribution in [2.75, 3.05) is 33.9 Å². The molecule has 0 spiro atoms. The molecule has 2 aromatic carbocycles. The minimum absolute atomic E-state index is 0.0111. The Balaban J connectivity index is 2.22. The van der Waals surface area contributed by atoms with E-state index in [2.05, 4.69) is 21.3 Å². The normalized spacial score (nSPS) is 13.5. The molecule has 0 saturated carbocycles. The zero-order valence-corrected chi connectivity index (χ0v) is 33.6. The van der Waals surface area contributed by atoms with Gasteiger partial charge in [-0.2, -0.15) is 0 Å². The van der Waals surface area contributed by atoms with Crippen molar-refractivity contribution < 1.29 is 43.7 Å².